The Morgan fingerprint density at radius 1 is 0.235 bits per heavy atom. The quantitative estimate of drug-likeness (QED) is 0.0385. The van der Waals surface area contributed by atoms with Crippen LogP contribution in [-0.4, -0.2) is 103 Å². The van der Waals surface area contributed by atoms with Crippen LogP contribution >= 0.6 is 0 Å². The van der Waals surface area contributed by atoms with E-state index in [1.807, 2.05) is 97.1 Å². The van der Waals surface area contributed by atoms with Crippen LogP contribution in [0.25, 0.3) is 0 Å². The summed E-state index contributed by atoms with van der Waals surface area (Å²) >= 11 is 0. The fourth-order valence-electron chi connectivity index (χ4n) is 9.22. The maximum atomic E-state index is 12.0. The number of methoxy groups -OCH3 is 5. The molecule has 102 heavy (non-hydrogen) atoms. The smallest absolute Gasteiger partial charge is 0.200 e. The van der Waals surface area contributed by atoms with Gasteiger partial charge in [-0.1, -0.05) is 144 Å². The number of aryl methyl sites for hydroxylation is 4. The van der Waals surface area contributed by atoms with Gasteiger partial charge in [0.15, 0.2) is 67.7 Å². The van der Waals surface area contributed by atoms with Gasteiger partial charge in [-0.05, 0) is 188 Å². The number of carbonyl (C=O) groups excluding carboxylic acids is 6. The lowest BCUT2D eigenvalue weighted by Gasteiger charge is -2.07. The normalized spacial score (nSPS) is 9.98. The molecule has 0 aliphatic heterocycles. The Morgan fingerprint density at radius 2 is 0.412 bits per heavy atom. The van der Waals surface area contributed by atoms with Crippen LogP contribution in [0.2, 0.25) is 0 Å². The van der Waals surface area contributed by atoms with Crippen molar-refractivity contribution in [1.29, 1.82) is 0 Å². The molecule has 0 saturated carbocycles. The predicted octanol–water partition coefficient (Wildman–Crippen LogP) is 17.9. The topological polar surface area (TPSA) is 195 Å². The SMILES string of the molecule is C.CCc1ccc(OCC(=O)c2cccc(OC)c2)cc1.CCc1ccc(OCC(=O)c2cccc(OC)c2)cc1.CCc1ccc(OCC(=O)c2cccc(OC)c2)cc1.CCc1ccc(OCC(=O)c2cccc(OC)c2)cc1.COc1cccc(C(=O)COc2ccc(C(C)=O)cc2)c1. The zero-order chi connectivity index (χ0) is 72.7. The second-order valence-corrected chi connectivity index (χ2v) is 22.3. The van der Waals surface area contributed by atoms with Crippen molar-refractivity contribution in [3.63, 3.8) is 0 Å². The average molecular weight is 1380 g/mol. The van der Waals surface area contributed by atoms with Gasteiger partial charge in [-0.15, -0.1) is 0 Å². The van der Waals surface area contributed by atoms with Gasteiger partial charge in [0.05, 0.1) is 35.5 Å². The predicted molar refractivity (Wildman–Crippen MR) is 401 cm³/mol. The van der Waals surface area contributed by atoms with Crippen molar-refractivity contribution in [2.45, 2.75) is 67.7 Å². The van der Waals surface area contributed by atoms with Crippen molar-refractivity contribution in [1.82, 2.24) is 0 Å². The maximum Gasteiger partial charge on any atom is 0.200 e. The summed E-state index contributed by atoms with van der Waals surface area (Å²) in [6.45, 7) is 9.94. The monoisotopic (exact) mass is 1380 g/mol. The number of Topliss-reactive ketones (excluding diaryl/α,β-unsaturated/α-hetero) is 6. The number of ketones is 6. The number of ether oxygens (including phenoxy) is 10. The molecule has 0 heterocycles. The highest BCUT2D eigenvalue weighted by molar-refractivity contribution is 6.00. The molecule has 0 N–H and O–H groups in total. The Bertz CT molecular complexity index is 3770. The zero-order valence-corrected chi connectivity index (χ0v) is 59.0. The fraction of sp³-hybridized carbons (Fsp3) is 0.233. The van der Waals surface area contributed by atoms with Gasteiger partial charge in [-0.25, -0.2) is 0 Å². The molecule has 10 rings (SSSR count). The van der Waals surface area contributed by atoms with Gasteiger partial charge < -0.3 is 47.4 Å². The molecule has 0 aromatic heterocycles. The Balaban J connectivity index is 0.000000229. The molecule has 0 radical (unpaired) electrons. The highest BCUT2D eigenvalue weighted by atomic mass is 16.5. The Kier molecular flexibility index (Phi) is 35.1. The van der Waals surface area contributed by atoms with Gasteiger partial charge in [0, 0.05) is 33.4 Å². The lowest BCUT2D eigenvalue weighted by Crippen LogP contribution is -2.11. The van der Waals surface area contributed by atoms with E-state index >= 15 is 0 Å². The third-order valence-corrected chi connectivity index (χ3v) is 15.4. The van der Waals surface area contributed by atoms with Crippen molar-refractivity contribution in [2.75, 3.05) is 68.6 Å². The van der Waals surface area contributed by atoms with Crippen molar-refractivity contribution in [3.8, 4) is 57.5 Å². The first kappa shape index (κ1) is 80.9. The van der Waals surface area contributed by atoms with Gasteiger partial charge in [0.2, 0.25) is 0 Å². The van der Waals surface area contributed by atoms with Crippen molar-refractivity contribution < 1.29 is 76.1 Å². The van der Waals surface area contributed by atoms with Gasteiger partial charge in [-0.2, -0.15) is 0 Å². The first-order valence-corrected chi connectivity index (χ1v) is 33.0. The molecule has 532 valence electrons. The molecule has 0 aliphatic rings. The second-order valence-electron chi connectivity index (χ2n) is 22.3. The van der Waals surface area contributed by atoms with E-state index in [4.69, 9.17) is 47.4 Å². The van der Waals surface area contributed by atoms with Gasteiger partial charge in [0.1, 0.15) is 57.5 Å². The highest BCUT2D eigenvalue weighted by Gasteiger charge is 2.14. The molecule has 0 atom stereocenters. The standard InChI is InChI=1S/C17H16O4.4C17H18O3.CH4/c1-12(18)13-6-8-15(9-7-13)21-11-17(19)14-4-3-5-16(10-14)20-2;4*1-3-13-7-9-15(10-8-13)20-12-17(18)14-5-4-6-16(11-14)19-2;/h3-10H,11H2,1-2H3;4*4-11H,3,12H2,1-2H3;1H4. The molecule has 0 amide bonds. The summed E-state index contributed by atoms with van der Waals surface area (Å²) in [6, 6.07) is 73.0. The zero-order valence-electron chi connectivity index (χ0n) is 59.0. The summed E-state index contributed by atoms with van der Waals surface area (Å²) in [4.78, 5) is 71.3. The van der Waals surface area contributed by atoms with Crippen LogP contribution in [0, 0.1) is 0 Å². The van der Waals surface area contributed by atoms with Crippen molar-refractivity contribution >= 4 is 34.7 Å². The molecule has 16 heteroatoms. The molecule has 0 spiro atoms. The van der Waals surface area contributed by atoms with Gasteiger partial charge in [-0.3, -0.25) is 28.8 Å². The molecule has 0 unspecified atom stereocenters. The van der Waals surface area contributed by atoms with Crippen LogP contribution in [0.1, 0.15) is 126 Å². The molecular weight excluding hydrogens is 1290 g/mol. The lowest BCUT2D eigenvalue weighted by atomic mass is 10.1. The molecule has 0 aliphatic carbocycles. The van der Waals surface area contributed by atoms with E-state index in [1.165, 1.54) is 29.2 Å². The van der Waals surface area contributed by atoms with E-state index in [0.717, 1.165) is 25.7 Å². The minimum Gasteiger partial charge on any atom is -0.497 e. The highest BCUT2D eigenvalue weighted by Crippen LogP contribution is 2.22. The van der Waals surface area contributed by atoms with Crippen LogP contribution in [0.3, 0.4) is 0 Å². The van der Waals surface area contributed by atoms with Gasteiger partial charge >= 0.3 is 0 Å². The van der Waals surface area contributed by atoms with E-state index in [9.17, 15) is 28.8 Å². The van der Waals surface area contributed by atoms with E-state index in [1.54, 1.807) is 181 Å². The summed E-state index contributed by atoms with van der Waals surface area (Å²) in [7, 11) is 7.87. The summed E-state index contributed by atoms with van der Waals surface area (Å²) < 4.78 is 52.9. The molecule has 16 nitrogen and oxygen atoms in total. The number of rotatable bonds is 30. The van der Waals surface area contributed by atoms with E-state index < -0.39 is 0 Å². The van der Waals surface area contributed by atoms with E-state index in [2.05, 4.69) is 27.7 Å². The number of carbonyl (C=O) groups is 6. The van der Waals surface area contributed by atoms with E-state index in [-0.39, 0.29) is 75.2 Å². The summed E-state index contributed by atoms with van der Waals surface area (Å²) in [6.07, 6.45) is 3.96. The van der Waals surface area contributed by atoms with Crippen LogP contribution in [-0.2, 0) is 25.7 Å². The van der Waals surface area contributed by atoms with Crippen molar-refractivity contribution in [2.24, 2.45) is 0 Å². The second kappa shape index (κ2) is 44.3. The first-order chi connectivity index (χ1) is 49.0. The lowest BCUT2D eigenvalue weighted by molar-refractivity contribution is 0.0914. The molecule has 0 saturated heterocycles. The number of hydrogen-bond donors (Lipinski definition) is 0. The minimum atomic E-state index is -0.135. The molecule has 0 bridgehead atoms. The summed E-state index contributed by atoms with van der Waals surface area (Å²) in [5.74, 6) is 6.28. The number of hydrogen-bond acceptors (Lipinski definition) is 16. The van der Waals surface area contributed by atoms with Crippen LogP contribution in [0.5, 0.6) is 57.5 Å². The molecule has 0 fully saturated rings. The fourth-order valence-corrected chi connectivity index (χ4v) is 9.22. The Hall–Kier alpha value is -11.8. The largest absolute Gasteiger partial charge is 0.497 e. The first-order valence-electron chi connectivity index (χ1n) is 33.0. The Morgan fingerprint density at radius 3 is 0.569 bits per heavy atom. The molecular formula is C86H92O16. The summed E-state index contributed by atoms with van der Waals surface area (Å²) in [5, 5.41) is 0. The minimum absolute atomic E-state index is 0. The molecule has 10 aromatic rings. The van der Waals surface area contributed by atoms with Crippen LogP contribution in [0.15, 0.2) is 243 Å². The van der Waals surface area contributed by atoms with Crippen LogP contribution in [0.4, 0.5) is 0 Å². The average Bonchev–Trinajstić information content (AvgIpc) is 0.916. The van der Waals surface area contributed by atoms with Gasteiger partial charge in [0.25, 0.3) is 0 Å². The molecule has 10 aromatic carbocycles. The third-order valence-electron chi connectivity index (χ3n) is 15.4. The summed E-state index contributed by atoms with van der Waals surface area (Å²) in [5.41, 5.74) is 8.50. The maximum absolute atomic E-state index is 12.0. The van der Waals surface area contributed by atoms with Crippen LogP contribution < -0.4 is 47.4 Å². The Labute approximate surface area is 600 Å². The third kappa shape index (κ3) is 27.9. The van der Waals surface area contributed by atoms with Crippen molar-refractivity contribution in [3.05, 3.63) is 298 Å². The van der Waals surface area contributed by atoms with E-state index in [0.29, 0.717) is 90.9 Å². The number of benzene rings is 10.